The van der Waals surface area contributed by atoms with Gasteiger partial charge in [-0.25, -0.2) is 4.79 Å². The number of piperazine rings is 1. The lowest BCUT2D eigenvalue weighted by molar-refractivity contribution is 0.0141. The highest BCUT2D eigenvalue weighted by molar-refractivity contribution is 5.95. The second kappa shape index (κ2) is 8.79. The van der Waals surface area contributed by atoms with Crippen LogP contribution in [0.15, 0.2) is 30.9 Å². The summed E-state index contributed by atoms with van der Waals surface area (Å²) in [6, 6.07) is 5.09. The van der Waals surface area contributed by atoms with Gasteiger partial charge in [0.1, 0.15) is 12.2 Å². The van der Waals surface area contributed by atoms with Gasteiger partial charge >= 0.3 is 6.09 Å². The predicted molar refractivity (Wildman–Crippen MR) is 102 cm³/mol. The Balaban J connectivity index is 1.99. The monoisotopic (exact) mass is 376 g/mol. The van der Waals surface area contributed by atoms with Gasteiger partial charge in [0.05, 0.1) is 7.11 Å². The molecule has 0 saturated carbocycles. The summed E-state index contributed by atoms with van der Waals surface area (Å²) in [6.07, 6.45) is 1.29. The fraction of sp³-hybridized carbons (Fsp3) is 0.500. The number of hydrogen-bond donors (Lipinski definition) is 0. The van der Waals surface area contributed by atoms with Crippen LogP contribution >= 0.6 is 0 Å². The van der Waals surface area contributed by atoms with E-state index >= 15 is 0 Å². The summed E-state index contributed by atoms with van der Waals surface area (Å²) in [6.45, 7) is 11.3. The molecule has 1 aromatic rings. The lowest BCUT2D eigenvalue weighted by Gasteiger charge is -2.35. The van der Waals surface area contributed by atoms with E-state index in [0.29, 0.717) is 49.8 Å². The molecule has 1 aliphatic rings. The Kier molecular flexibility index (Phi) is 6.71. The Morgan fingerprint density at radius 1 is 1.11 bits per heavy atom. The number of methoxy groups -OCH3 is 1. The molecule has 1 heterocycles. The maximum absolute atomic E-state index is 12.8. The van der Waals surface area contributed by atoms with E-state index in [1.165, 1.54) is 7.11 Å². The number of amides is 2. The molecule has 1 aromatic carbocycles. The van der Waals surface area contributed by atoms with Crippen molar-refractivity contribution in [3.63, 3.8) is 0 Å². The van der Waals surface area contributed by atoms with Gasteiger partial charge in [-0.15, -0.1) is 0 Å². The lowest BCUT2D eigenvalue weighted by Crippen LogP contribution is -2.51. The number of rotatable bonds is 5. The number of nitrogens with zero attached hydrogens (tertiary/aromatic N) is 2. The molecule has 1 fully saturated rings. The average Bonchev–Trinajstić information content (AvgIpc) is 2.64. The highest BCUT2D eigenvalue weighted by Gasteiger charge is 2.28. The van der Waals surface area contributed by atoms with E-state index in [1.54, 1.807) is 34.1 Å². The largest absolute Gasteiger partial charge is 0.493 e. The maximum atomic E-state index is 12.8. The van der Waals surface area contributed by atoms with Gasteiger partial charge in [-0.1, -0.05) is 12.7 Å². The normalized spacial score (nSPS) is 14.5. The predicted octanol–water partition coefficient (Wildman–Crippen LogP) is 2.95. The first-order chi connectivity index (χ1) is 12.7. The van der Waals surface area contributed by atoms with Crippen LogP contribution in [-0.4, -0.2) is 67.3 Å². The molecule has 7 nitrogen and oxygen atoms in total. The Morgan fingerprint density at radius 2 is 1.74 bits per heavy atom. The first-order valence-corrected chi connectivity index (χ1v) is 8.94. The quantitative estimate of drug-likeness (QED) is 0.739. The first-order valence-electron chi connectivity index (χ1n) is 8.94. The fourth-order valence-electron chi connectivity index (χ4n) is 2.67. The average molecular weight is 376 g/mol. The van der Waals surface area contributed by atoms with E-state index in [9.17, 15) is 9.59 Å². The van der Waals surface area contributed by atoms with Crippen LogP contribution in [0, 0.1) is 0 Å². The minimum Gasteiger partial charge on any atom is -0.493 e. The third kappa shape index (κ3) is 5.64. The topological polar surface area (TPSA) is 68.3 Å². The Morgan fingerprint density at radius 3 is 2.30 bits per heavy atom. The first kappa shape index (κ1) is 20.6. The zero-order chi connectivity index (χ0) is 20.0. The van der Waals surface area contributed by atoms with Crippen molar-refractivity contribution < 1.29 is 23.8 Å². The van der Waals surface area contributed by atoms with E-state index in [0.717, 1.165) is 0 Å². The van der Waals surface area contributed by atoms with Crippen LogP contribution in [0.25, 0.3) is 0 Å². The van der Waals surface area contributed by atoms with Crippen LogP contribution in [0.4, 0.5) is 4.79 Å². The molecule has 148 valence electrons. The summed E-state index contributed by atoms with van der Waals surface area (Å²) in [5.41, 5.74) is -0.0146. The van der Waals surface area contributed by atoms with Crippen molar-refractivity contribution in [3.8, 4) is 11.5 Å². The van der Waals surface area contributed by atoms with E-state index in [4.69, 9.17) is 14.2 Å². The molecule has 0 bridgehead atoms. The van der Waals surface area contributed by atoms with Gasteiger partial charge in [0.15, 0.2) is 11.5 Å². The Bertz CT molecular complexity index is 688. The molecule has 0 atom stereocenters. The van der Waals surface area contributed by atoms with Crippen molar-refractivity contribution in [1.29, 1.82) is 0 Å². The minimum absolute atomic E-state index is 0.104. The van der Waals surface area contributed by atoms with Crippen LogP contribution in [0.2, 0.25) is 0 Å². The number of benzene rings is 1. The molecule has 1 saturated heterocycles. The SMILES string of the molecule is C=CCOc1ccc(C(=O)N2CCN(C(=O)OC(C)(C)C)CC2)cc1OC. The van der Waals surface area contributed by atoms with Gasteiger partial charge in [0.2, 0.25) is 0 Å². The fourth-order valence-corrected chi connectivity index (χ4v) is 2.67. The zero-order valence-electron chi connectivity index (χ0n) is 16.5. The van der Waals surface area contributed by atoms with Gasteiger partial charge in [-0.3, -0.25) is 4.79 Å². The Labute approximate surface area is 160 Å². The third-order valence-corrected chi connectivity index (χ3v) is 3.99. The smallest absolute Gasteiger partial charge is 0.410 e. The summed E-state index contributed by atoms with van der Waals surface area (Å²) in [7, 11) is 1.53. The van der Waals surface area contributed by atoms with Crippen LogP contribution < -0.4 is 9.47 Å². The molecule has 0 unspecified atom stereocenters. The van der Waals surface area contributed by atoms with E-state index < -0.39 is 5.60 Å². The van der Waals surface area contributed by atoms with Crippen LogP contribution in [-0.2, 0) is 4.74 Å². The standard InChI is InChI=1S/C20H28N2O5/c1-6-13-26-16-8-7-15(14-17(16)25-5)18(23)21-9-11-22(12-10-21)19(24)27-20(2,3)4/h6-8,14H,1,9-13H2,2-5H3. The molecule has 2 amide bonds. The molecule has 2 rings (SSSR count). The summed E-state index contributed by atoms with van der Waals surface area (Å²) in [5.74, 6) is 0.950. The molecular weight excluding hydrogens is 348 g/mol. The molecule has 1 aliphatic heterocycles. The van der Waals surface area contributed by atoms with Crippen LogP contribution in [0.1, 0.15) is 31.1 Å². The number of ether oxygens (including phenoxy) is 3. The van der Waals surface area contributed by atoms with E-state index in [2.05, 4.69) is 6.58 Å². The zero-order valence-corrected chi connectivity index (χ0v) is 16.5. The summed E-state index contributed by atoms with van der Waals surface area (Å²) in [5, 5.41) is 0. The molecule has 7 heteroatoms. The second-order valence-electron chi connectivity index (χ2n) is 7.22. The highest BCUT2D eigenvalue weighted by Crippen LogP contribution is 2.28. The minimum atomic E-state index is -0.532. The molecule has 0 aromatic heterocycles. The van der Waals surface area contributed by atoms with Crippen molar-refractivity contribution in [1.82, 2.24) is 9.80 Å². The lowest BCUT2D eigenvalue weighted by atomic mass is 10.1. The molecule has 0 spiro atoms. The third-order valence-electron chi connectivity index (χ3n) is 3.99. The Hall–Kier alpha value is -2.70. The van der Waals surface area contributed by atoms with Gasteiger partial charge in [0.25, 0.3) is 5.91 Å². The van der Waals surface area contributed by atoms with Gasteiger partial charge in [0, 0.05) is 31.7 Å². The molecule has 0 aliphatic carbocycles. The summed E-state index contributed by atoms with van der Waals surface area (Å²) < 4.78 is 16.2. The number of hydrogen-bond acceptors (Lipinski definition) is 5. The highest BCUT2D eigenvalue weighted by atomic mass is 16.6. The molecular formula is C20H28N2O5. The molecule has 27 heavy (non-hydrogen) atoms. The van der Waals surface area contributed by atoms with Crippen molar-refractivity contribution >= 4 is 12.0 Å². The van der Waals surface area contributed by atoms with E-state index in [1.807, 2.05) is 20.8 Å². The van der Waals surface area contributed by atoms with Crippen LogP contribution in [0.5, 0.6) is 11.5 Å². The summed E-state index contributed by atoms with van der Waals surface area (Å²) >= 11 is 0. The molecule has 0 radical (unpaired) electrons. The van der Waals surface area contributed by atoms with Gasteiger partial charge < -0.3 is 24.0 Å². The van der Waals surface area contributed by atoms with E-state index in [-0.39, 0.29) is 12.0 Å². The van der Waals surface area contributed by atoms with Crippen molar-refractivity contribution in [2.45, 2.75) is 26.4 Å². The van der Waals surface area contributed by atoms with Gasteiger partial charge in [-0.05, 0) is 39.0 Å². The number of carbonyl (C=O) groups excluding carboxylic acids is 2. The maximum Gasteiger partial charge on any atom is 0.410 e. The van der Waals surface area contributed by atoms with Crippen molar-refractivity contribution in [3.05, 3.63) is 36.4 Å². The molecule has 0 N–H and O–H groups in total. The van der Waals surface area contributed by atoms with Crippen molar-refractivity contribution in [2.75, 3.05) is 39.9 Å². The second-order valence-corrected chi connectivity index (χ2v) is 7.22. The van der Waals surface area contributed by atoms with Gasteiger partial charge in [-0.2, -0.15) is 0 Å². The van der Waals surface area contributed by atoms with Crippen LogP contribution in [0.3, 0.4) is 0 Å². The summed E-state index contributed by atoms with van der Waals surface area (Å²) in [4.78, 5) is 28.3. The number of carbonyl (C=O) groups is 2. The van der Waals surface area contributed by atoms with Crippen molar-refractivity contribution in [2.24, 2.45) is 0 Å².